The van der Waals surface area contributed by atoms with E-state index in [1.165, 1.54) is 0 Å². The maximum Gasteiger partial charge on any atom is 0.251 e. The van der Waals surface area contributed by atoms with Crippen LogP contribution in [0.1, 0.15) is 48.1 Å². The van der Waals surface area contributed by atoms with Crippen LogP contribution in [0.4, 0.5) is 11.4 Å². The number of carbonyl (C=O) groups is 3. The van der Waals surface area contributed by atoms with E-state index in [0.717, 1.165) is 34.7 Å². The summed E-state index contributed by atoms with van der Waals surface area (Å²) in [6.07, 6.45) is 2.41. The van der Waals surface area contributed by atoms with Crippen LogP contribution >= 0.6 is 11.8 Å². The van der Waals surface area contributed by atoms with Gasteiger partial charge in [-0.05, 0) is 55.7 Å². The Hall–Kier alpha value is -2.80. The molecule has 3 amide bonds. The van der Waals surface area contributed by atoms with Gasteiger partial charge >= 0.3 is 0 Å². The third kappa shape index (κ3) is 4.79. The Bertz CT molecular complexity index is 954. The third-order valence-corrected chi connectivity index (χ3v) is 6.15. The molecule has 0 bridgehead atoms. The summed E-state index contributed by atoms with van der Waals surface area (Å²) in [6.45, 7) is 1.91. The first-order valence-corrected chi connectivity index (χ1v) is 10.8. The van der Waals surface area contributed by atoms with Crippen LogP contribution < -0.4 is 16.0 Å². The zero-order valence-corrected chi connectivity index (χ0v) is 17.0. The molecule has 2 aromatic rings. The van der Waals surface area contributed by atoms with Gasteiger partial charge in [0, 0.05) is 34.2 Å². The third-order valence-electron chi connectivity index (χ3n) is 5.08. The van der Waals surface area contributed by atoms with E-state index in [1.54, 1.807) is 23.9 Å². The first kappa shape index (κ1) is 19.5. The Morgan fingerprint density at radius 3 is 2.62 bits per heavy atom. The average Bonchev–Trinajstić information content (AvgIpc) is 3.55. The summed E-state index contributed by atoms with van der Waals surface area (Å²) in [5.74, 6) is 0.744. The smallest absolute Gasteiger partial charge is 0.251 e. The molecule has 0 saturated heterocycles. The van der Waals surface area contributed by atoms with Crippen LogP contribution in [0.2, 0.25) is 0 Å². The highest BCUT2D eigenvalue weighted by Crippen LogP contribution is 2.32. The topological polar surface area (TPSA) is 87.3 Å². The molecule has 1 heterocycles. The van der Waals surface area contributed by atoms with Crippen LogP contribution in [-0.4, -0.2) is 23.5 Å². The highest BCUT2D eigenvalue weighted by atomic mass is 32.2. The zero-order chi connectivity index (χ0) is 20.4. The number of hydrogen-bond donors (Lipinski definition) is 3. The fourth-order valence-corrected chi connectivity index (χ4v) is 4.11. The molecule has 0 aromatic heterocycles. The van der Waals surface area contributed by atoms with Gasteiger partial charge in [0.25, 0.3) is 5.91 Å². The average molecular weight is 410 g/mol. The SMILES string of the molecule is CC(NC(=O)c1ccc2c(c1)NC(=O)CCS2)c1ccc(NC(=O)C2CC2)cc1. The Balaban J connectivity index is 1.40. The van der Waals surface area contributed by atoms with Crippen molar-refractivity contribution < 1.29 is 14.4 Å². The monoisotopic (exact) mass is 409 g/mol. The van der Waals surface area contributed by atoms with Gasteiger partial charge in [0.05, 0.1) is 11.7 Å². The van der Waals surface area contributed by atoms with Crippen molar-refractivity contribution in [2.45, 2.75) is 37.1 Å². The van der Waals surface area contributed by atoms with Crippen LogP contribution in [-0.2, 0) is 9.59 Å². The standard InChI is InChI=1S/C22H23N3O3S/c1-13(14-4-7-17(8-5-14)24-21(27)15-2-3-15)23-22(28)16-6-9-19-18(12-16)25-20(26)10-11-29-19/h4-9,12-13,15H,2-3,10-11H2,1H3,(H,23,28)(H,24,27)(H,25,26). The Kier molecular flexibility index (Phi) is 5.58. The lowest BCUT2D eigenvalue weighted by atomic mass is 10.1. The summed E-state index contributed by atoms with van der Waals surface area (Å²) in [7, 11) is 0. The van der Waals surface area contributed by atoms with Crippen molar-refractivity contribution in [3.63, 3.8) is 0 Å². The van der Waals surface area contributed by atoms with Crippen LogP contribution in [0.3, 0.4) is 0 Å². The summed E-state index contributed by atoms with van der Waals surface area (Å²) in [4.78, 5) is 37.3. The molecular formula is C22H23N3O3S. The highest BCUT2D eigenvalue weighted by Gasteiger charge is 2.29. The zero-order valence-electron chi connectivity index (χ0n) is 16.2. The molecule has 1 unspecified atom stereocenters. The quantitative estimate of drug-likeness (QED) is 0.698. The van der Waals surface area contributed by atoms with E-state index >= 15 is 0 Å². The Labute approximate surface area is 173 Å². The number of fused-ring (bicyclic) bond motifs is 1. The summed E-state index contributed by atoms with van der Waals surface area (Å²) >= 11 is 1.61. The van der Waals surface area contributed by atoms with Gasteiger partial charge in [0.1, 0.15) is 0 Å². The molecule has 4 rings (SSSR count). The summed E-state index contributed by atoms with van der Waals surface area (Å²) < 4.78 is 0. The fourth-order valence-electron chi connectivity index (χ4n) is 3.17. The molecule has 29 heavy (non-hydrogen) atoms. The van der Waals surface area contributed by atoms with Gasteiger partial charge in [-0.25, -0.2) is 0 Å². The minimum atomic E-state index is -0.199. The van der Waals surface area contributed by atoms with Crippen molar-refractivity contribution in [3.8, 4) is 0 Å². The van der Waals surface area contributed by atoms with E-state index in [-0.39, 0.29) is 29.7 Å². The predicted molar refractivity (Wildman–Crippen MR) is 114 cm³/mol. The van der Waals surface area contributed by atoms with Gasteiger partial charge in [0.2, 0.25) is 11.8 Å². The molecule has 150 valence electrons. The van der Waals surface area contributed by atoms with Gasteiger partial charge in [-0.1, -0.05) is 12.1 Å². The largest absolute Gasteiger partial charge is 0.346 e. The molecule has 1 atom stereocenters. The van der Waals surface area contributed by atoms with E-state index in [1.807, 2.05) is 37.3 Å². The lowest BCUT2D eigenvalue weighted by Gasteiger charge is -2.16. The van der Waals surface area contributed by atoms with Crippen LogP contribution in [0, 0.1) is 5.92 Å². The molecule has 2 aromatic carbocycles. The van der Waals surface area contributed by atoms with Gasteiger partial charge < -0.3 is 16.0 Å². The lowest BCUT2D eigenvalue weighted by Crippen LogP contribution is -2.26. The number of benzene rings is 2. The van der Waals surface area contributed by atoms with E-state index in [0.29, 0.717) is 17.7 Å². The second-order valence-electron chi connectivity index (χ2n) is 7.44. The van der Waals surface area contributed by atoms with E-state index in [2.05, 4.69) is 16.0 Å². The number of thioether (sulfide) groups is 1. The molecule has 0 spiro atoms. The highest BCUT2D eigenvalue weighted by molar-refractivity contribution is 7.99. The van der Waals surface area contributed by atoms with Crippen molar-refractivity contribution >= 4 is 40.9 Å². The van der Waals surface area contributed by atoms with Gasteiger partial charge in [-0.15, -0.1) is 11.8 Å². The minimum Gasteiger partial charge on any atom is -0.346 e. The molecular weight excluding hydrogens is 386 g/mol. The second-order valence-corrected chi connectivity index (χ2v) is 8.58. The molecule has 1 fully saturated rings. The fraction of sp³-hybridized carbons (Fsp3) is 0.318. The summed E-state index contributed by atoms with van der Waals surface area (Å²) in [5.41, 5.74) is 2.91. The van der Waals surface area contributed by atoms with E-state index < -0.39 is 0 Å². The maximum absolute atomic E-state index is 12.7. The molecule has 6 nitrogen and oxygen atoms in total. The van der Waals surface area contributed by atoms with Crippen molar-refractivity contribution in [2.24, 2.45) is 5.92 Å². The number of rotatable bonds is 5. The van der Waals surface area contributed by atoms with Gasteiger partial charge in [0.15, 0.2) is 0 Å². The maximum atomic E-state index is 12.7. The Morgan fingerprint density at radius 2 is 1.90 bits per heavy atom. The normalized spacial score (nSPS) is 16.8. The summed E-state index contributed by atoms with van der Waals surface area (Å²) in [6, 6.07) is 12.7. The Morgan fingerprint density at radius 1 is 1.14 bits per heavy atom. The molecule has 1 aliphatic heterocycles. The van der Waals surface area contributed by atoms with Crippen LogP contribution in [0.25, 0.3) is 0 Å². The first-order valence-electron chi connectivity index (χ1n) is 9.78. The first-order chi connectivity index (χ1) is 14.0. The molecule has 0 radical (unpaired) electrons. The number of nitrogens with one attached hydrogen (secondary N) is 3. The van der Waals surface area contributed by atoms with Gasteiger partial charge in [-0.3, -0.25) is 14.4 Å². The van der Waals surface area contributed by atoms with Crippen molar-refractivity contribution in [3.05, 3.63) is 53.6 Å². The minimum absolute atomic E-state index is 0.0314. The lowest BCUT2D eigenvalue weighted by molar-refractivity contribution is -0.117. The number of amides is 3. The predicted octanol–water partition coefficient (Wildman–Crippen LogP) is 3.96. The molecule has 1 aliphatic carbocycles. The van der Waals surface area contributed by atoms with Crippen molar-refractivity contribution in [2.75, 3.05) is 16.4 Å². The number of hydrogen-bond acceptors (Lipinski definition) is 4. The number of carbonyl (C=O) groups excluding carboxylic acids is 3. The van der Waals surface area contributed by atoms with Crippen molar-refractivity contribution in [1.29, 1.82) is 0 Å². The van der Waals surface area contributed by atoms with Crippen LogP contribution in [0.15, 0.2) is 47.4 Å². The number of anilines is 2. The van der Waals surface area contributed by atoms with E-state index in [9.17, 15) is 14.4 Å². The molecule has 2 aliphatic rings. The van der Waals surface area contributed by atoms with Crippen LogP contribution in [0.5, 0.6) is 0 Å². The van der Waals surface area contributed by atoms with Gasteiger partial charge in [-0.2, -0.15) is 0 Å². The summed E-state index contributed by atoms with van der Waals surface area (Å²) in [5, 5.41) is 8.76. The van der Waals surface area contributed by atoms with E-state index in [4.69, 9.17) is 0 Å². The van der Waals surface area contributed by atoms with Crippen molar-refractivity contribution in [1.82, 2.24) is 5.32 Å². The molecule has 3 N–H and O–H groups in total. The molecule has 7 heteroatoms. The second kappa shape index (κ2) is 8.29. The molecule has 1 saturated carbocycles.